The molecule has 0 saturated heterocycles. The summed E-state index contributed by atoms with van der Waals surface area (Å²) >= 11 is 1.15. The van der Waals surface area contributed by atoms with Crippen LogP contribution in [0.3, 0.4) is 0 Å². The number of nitro benzene ring substituents is 1. The lowest BCUT2D eigenvalue weighted by atomic mass is 10.0. The van der Waals surface area contributed by atoms with E-state index in [9.17, 15) is 14.9 Å². The van der Waals surface area contributed by atoms with Crippen LogP contribution in [0, 0.1) is 10.1 Å². The maximum absolute atomic E-state index is 12.8. The van der Waals surface area contributed by atoms with E-state index in [0.717, 1.165) is 23.7 Å². The van der Waals surface area contributed by atoms with E-state index in [-0.39, 0.29) is 29.4 Å². The summed E-state index contributed by atoms with van der Waals surface area (Å²) in [6.07, 6.45) is 1.45. The number of carbonyl (C=O) groups excluding carboxylic acids is 1. The lowest BCUT2D eigenvalue weighted by Gasteiger charge is -2.29. The molecule has 1 aromatic heterocycles. The molecule has 158 valence electrons. The molecule has 0 saturated carbocycles. The van der Waals surface area contributed by atoms with Crippen molar-refractivity contribution < 1.29 is 23.6 Å². The molecule has 3 aromatic rings. The molecule has 11 heteroatoms. The van der Waals surface area contributed by atoms with Crippen molar-refractivity contribution in [3.05, 3.63) is 52.1 Å². The van der Waals surface area contributed by atoms with E-state index >= 15 is 0 Å². The fraction of sp³-hybridized carbons (Fsp3) is 0.250. The van der Waals surface area contributed by atoms with Crippen molar-refractivity contribution in [2.45, 2.75) is 18.1 Å². The van der Waals surface area contributed by atoms with Crippen molar-refractivity contribution in [3.8, 4) is 23.0 Å². The van der Waals surface area contributed by atoms with Gasteiger partial charge in [0, 0.05) is 29.9 Å². The number of nitrogens with zero attached hydrogens (tertiary/aromatic N) is 4. The van der Waals surface area contributed by atoms with Crippen LogP contribution in [0.1, 0.15) is 12.0 Å². The monoisotopic (exact) mass is 440 g/mol. The van der Waals surface area contributed by atoms with Gasteiger partial charge in [0.2, 0.25) is 18.6 Å². The minimum absolute atomic E-state index is 0.0318. The van der Waals surface area contributed by atoms with Crippen LogP contribution in [0.25, 0.3) is 11.5 Å². The predicted octanol–water partition coefficient (Wildman–Crippen LogP) is 3.45. The summed E-state index contributed by atoms with van der Waals surface area (Å²) in [5, 5.41) is 19.3. The molecule has 2 aliphatic heterocycles. The maximum atomic E-state index is 12.8. The molecule has 5 rings (SSSR count). The lowest BCUT2D eigenvalue weighted by molar-refractivity contribution is -0.384. The summed E-state index contributed by atoms with van der Waals surface area (Å²) in [5.74, 6) is 1.59. The second-order valence-corrected chi connectivity index (χ2v) is 7.88. The van der Waals surface area contributed by atoms with E-state index in [0.29, 0.717) is 41.6 Å². The number of benzene rings is 2. The van der Waals surface area contributed by atoms with Gasteiger partial charge in [-0.15, -0.1) is 10.2 Å². The molecule has 0 bridgehead atoms. The van der Waals surface area contributed by atoms with Crippen LogP contribution < -0.4 is 14.4 Å². The third kappa shape index (κ3) is 3.79. The van der Waals surface area contributed by atoms with E-state index in [4.69, 9.17) is 13.9 Å². The summed E-state index contributed by atoms with van der Waals surface area (Å²) in [6, 6.07) is 9.94. The van der Waals surface area contributed by atoms with Gasteiger partial charge in [0.15, 0.2) is 11.5 Å². The number of nitro groups is 1. The smallest absolute Gasteiger partial charge is 0.277 e. The Bertz CT molecular complexity index is 1180. The Morgan fingerprint density at radius 1 is 1.16 bits per heavy atom. The van der Waals surface area contributed by atoms with Crippen molar-refractivity contribution in [2.24, 2.45) is 0 Å². The Morgan fingerprint density at radius 3 is 2.90 bits per heavy atom. The Hall–Kier alpha value is -3.60. The van der Waals surface area contributed by atoms with Gasteiger partial charge in [0.05, 0.1) is 10.7 Å². The van der Waals surface area contributed by atoms with E-state index in [1.165, 1.54) is 12.1 Å². The number of hydrogen-bond donors (Lipinski definition) is 0. The second kappa shape index (κ2) is 7.91. The minimum atomic E-state index is -0.426. The summed E-state index contributed by atoms with van der Waals surface area (Å²) in [7, 11) is 0. The molecule has 0 fully saturated rings. The highest BCUT2D eigenvalue weighted by molar-refractivity contribution is 7.99. The minimum Gasteiger partial charge on any atom is -0.454 e. The number of hydrogen-bond acceptors (Lipinski definition) is 9. The topological polar surface area (TPSA) is 121 Å². The highest BCUT2D eigenvalue weighted by Crippen LogP contribution is 2.36. The lowest BCUT2D eigenvalue weighted by Crippen LogP contribution is -2.36. The fourth-order valence-electron chi connectivity index (χ4n) is 3.57. The molecular formula is C20H16N4O6S. The maximum Gasteiger partial charge on any atom is 0.277 e. The van der Waals surface area contributed by atoms with Crippen molar-refractivity contribution in [1.82, 2.24) is 10.2 Å². The van der Waals surface area contributed by atoms with Gasteiger partial charge in [-0.05, 0) is 42.7 Å². The number of non-ortho nitro benzene ring substituents is 1. The second-order valence-electron chi connectivity index (χ2n) is 6.95. The SMILES string of the molecule is O=C(CSc1nnc(-c2ccc3c(c2)OCO3)o1)N1CCCc2cc([N+](=O)[O-])ccc21. The highest BCUT2D eigenvalue weighted by atomic mass is 32.2. The van der Waals surface area contributed by atoms with Crippen molar-refractivity contribution in [1.29, 1.82) is 0 Å². The van der Waals surface area contributed by atoms with Gasteiger partial charge in [-0.25, -0.2) is 0 Å². The summed E-state index contributed by atoms with van der Waals surface area (Å²) in [4.78, 5) is 25.0. The average molecular weight is 440 g/mol. The number of aryl methyl sites for hydroxylation is 1. The van der Waals surface area contributed by atoms with E-state index in [2.05, 4.69) is 10.2 Å². The normalized spacial score (nSPS) is 14.4. The molecule has 0 unspecified atom stereocenters. The molecular weight excluding hydrogens is 424 g/mol. The van der Waals surface area contributed by atoms with Crippen LogP contribution in [0.2, 0.25) is 0 Å². The molecule has 3 heterocycles. The largest absolute Gasteiger partial charge is 0.454 e. The molecule has 0 N–H and O–H groups in total. The highest BCUT2D eigenvalue weighted by Gasteiger charge is 2.25. The van der Waals surface area contributed by atoms with Crippen LogP contribution in [0.5, 0.6) is 11.5 Å². The standard InChI is InChI=1S/C20H16N4O6S/c25-18(23-7-1-2-12-8-14(24(26)27)4-5-15(12)23)10-31-20-22-21-19(30-20)13-3-6-16-17(9-13)29-11-28-16/h3-6,8-9H,1-2,7,10-11H2. The predicted molar refractivity (Wildman–Crippen MR) is 110 cm³/mol. The van der Waals surface area contributed by atoms with Gasteiger partial charge in [0.25, 0.3) is 10.9 Å². The van der Waals surface area contributed by atoms with Gasteiger partial charge >= 0.3 is 0 Å². The van der Waals surface area contributed by atoms with E-state index in [1.807, 2.05) is 0 Å². The zero-order valence-corrected chi connectivity index (χ0v) is 17.0. The fourth-order valence-corrected chi connectivity index (χ4v) is 4.21. The van der Waals surface area contributed by atoms with Crippen LogP contribution in [0.15, 0.2) is 46.0 Å². The van der Waals surface area contributed by atoms with E-state index in [1.54, 1.807) is 29.2 Å². The Morgan fingerprint density at radius 2 is 2.03 bits per heavy atom. The first-order chi connectivity index (χ1) is 15.1. The molecule has 0 aliphatic carbocycles. The zero-order valence-electron chi connectivity index (χ0n) is 16.1. The molecule has 2 aliphatic rings. The summed E-state index contributed by atoms with van der Waals surface area (Å²) in [5.41, 5.74) is 2.25. The summed E-state index contributed by atoms with van der Waals surface area (Å²) < 4.78 is 16.3. The first-order valence-corrected chi connectivity index (χ1v) is 10.5. The Labute approximate surface area is 180 Å². The van der Waals surface area contributed by atoms with Crippen LogP contribution in [-0.4, -0.2) is 40.1 Å². The van der Waals surface area contributed by atoms with Gasteiger partial charge < -0.3 is 18.8 Å². The number of rotatable bonds is 5. The molecule has 0 atom stereocenters. The zero-order chi connectivity index (χ0) is 21.4. The third-order valence-corrected chi connectivity index (χ3v) is 5.84. The van der Waals surface area contributed by atoms with E-state index < -0.39 is 4.92 Å². The first kappa shape index (κ1) is 19.4. The quantitative estimate of drug-likeness (QED) is 0.334. The number of anilines is 1. The molecule has 31 heavy (non-hydrogen) atoms. The Kier molecular flexibility index (Phi) is 4.94. The summed E-state index contributed by atoms with van der Waals surface area (Å²) in [6.45, 7) is 0.745. The van der Waals surface area contributed by atoms with Crippen molar-refractivity contribution in [2.75, 3.05) is 24.0 Å². The first-order valence-electron chi connectivity index (χ1n) is 9.52. The van der Waals surface area contributed by atoms with Crippen molar-refractivity contribution in [3.63, 3.8) is 0 Å². The molecule has 1 amide bonds. The van der Waals surface area contributed by atoms with Crippen LogP contribution >= 0.6 is 11.8 Å². The molecule has 10 nitrogen and oxygen atoms in total. The number of carbonyl (C=O) groups is 1. The van der Waals surface area contributed by atoms with Crippen LogP contribution in [-0.2, 0) is 11.2 Å². The number of aromatic nitrogens is 2. The Balaban J connectivity index is 1.26. The van der Waals surface area contributed by atoms with Crippen molar-refractivity contribution >= 4 is 29.0 Å². The average Bonchev–Trinajstić information content (AvgIpc) is 3.45. The number of fused-ring (bicyclic) bond motifs is 2. The van der Waals surface area contributed by atoms with Gasteiger partial charge in [-0.1, -0.05) is 11.8 Å². The van der Waals surface area contributed by atoms with Crippen LogP contribution in [0.4, 0.5) is 11.4 Å². The van der Waals surface area contributed by atoms with Gasteiger partial charge in [0.1, 0.15) is 0 Å². The number of ether oxygens (including phenoxy) is 2. The molecule has 2 aromatic carbocycles. The van der Waals surface area contributed by atoms with Gasteiger partial charge in [-0.2, -0.15) is 0 Å². The number of thioether (sulfide) groups is 1. The molecule has 0 radical (unpaired) electrons. The molecule has 0 spiro atoms. The third-order valence-electron chi connectivity index (χ3n) is 5.04. The van der Waals surface area contributed by atoms with Gasteiger partial charge in [-0.3, -0.25) is 14.9 Å². The number of amides is 1.